The zero-order valence-corrected chi connectivity index (χ0v) is 14.7. The standard InChI is InChI=1S/C18H23N5O2/c1-3-17-20-16(21-25-17)11-22(2)13-8-9-23(10-13)12-18-19-14-6-4-5-7-15(14)24-18/h4-7,13H,3,8-12H2,1-2H3. The lowest BCUT2D eigenvalue weighted by atomic mass is 10.2. The maximum Gasteiger partial charge on any atom is 0.226 e. The number of hydrogen-bond acceptors (Lipinski definition) is 7. The van der Waals surface area contributed by atoms with Gasteiger partial charge in [0.05, 0.1) is 13.1 Å². The second kappa shape index (κ2) is 6.93. The SMILES string of the molecule is CCc1nc(CN(C)C2CCN(Cc3nc4ccccc4o3)C2)no1. The Bertz CT molecular complexity index is 810. The molecule has 1 fully saturated rings. The molecule has 132 valence electrons. The molecular weight excluding hydrogens is 318 g/mol. The second-order valence-corrected chi connectivity index (χ2v) is 6.63. The summed E-state index contributed by atoms with van der Waals surface area (Å²) in [5.41, 5.74) is 1.78. The number of nitrogens with zero attached hydrogens (tertiary/aromatic N) is 5. The second-order valence-electron chi connectivity index (χ2n) is 6.63. The van der Waals surface area contributed by atoms with Crippen molar-refractivity contribution in [1.82, 2.24) is 24.9 Å². The normalized spacial score (nSPS) is 18.6. The van der Waals surface area contributed by atoms with Crippen molar-refractivity contribution in [2.75, 3.05) is 20.1 Å². The Labute approximate surface area is 146 Å². The van der Waals surface area contributed by atoms with Gasteiger partial charge in [0, 0.05) is 25.6 Å². The van der Waals surface area contributed by atoms with Crippen LogP contribution in [0.25, 0.3) is 11.1 Å². The molecule has 0 amide bonds. The van der Waals surface area contributed by atoms with Crippen LogP contribution in [0.1, 0.15) is 31.0 Å². The van der Waals surface area contributed by atoms with E-state index in [0.29, 0.717) is 18.5 Å². The van der Waals surface area contributed by atoms with Crippen LogP contribution < -0.4 is 0 Å². The van der Waals surface area contributed by atoms with Gasteiger partial charge in [-0.1, -0.05) is 24.2 Å². The van der Waals surface area contributed by atoms with Gasteiger partial charge in [0.25, 0.3) is 0 Å². The molecule has 1 aliphatic rings. The van der Waals surface area contributed by atoms with Gasteiger partial charge in [-0.15, -0.1) is 0 Å². The van der Waals surface area contributed by atoms with Gasteiger partial charge in [-0.05, 0) is 25.6 Å². The lowest BCUT2D eigenvalue weighted by molar-refractivity contribution is 0.210. The van der Waals surface area contributed by atoms with Gasteiger partial charge in [-0.2, -0.15) is 4.98 Å². The first kappa shape index (κ1) is 16.2. The summed E-state index contributed by atoms with van der Waals surface area (Å²) in [4.78, 5) is 13.7. The maximum atomic E-state index is 5.84. The van der Waals surface area contributed by atoms with Crippen LogP contribution in [0, 0.1) is 0 Å². The number of para-hydroxylation sites is 2. The number of benzene rings is 1. The van der Waals surface area contributed by atoms with Gasteiger partial charge in [0.2, 0.25) is 11.8 Å². The Morgan fingerprint density at radius 2 is 2.12 bits per heavy atom. The molecule has 1 unspecified atom stereocenters. The highest BCUT2D eigenvalue weighted by Crippen LogP contribution is 2.20. The van der Waals surface area contributed by atoms with E-state index in [4.69, 9.17) is 8.94 Å². The van der Waals surface area contributed by atoms with Crippen molar-refractivity contribution in [1.29, 1.82) is 0 Å². The number of hydrogen-bond donors (Lipinski definition) is 0. The van der Waals surface area contributed by atoms with Crippen LogP contribution in [0.4, 0.5) is 0 Å². The third-order valence-electron chi connectivity index (χ3n) is 4.77. The predicted molar refractivity (Wildman–Crippen MR) is 92.8 cm³/mol. The first-order chi connectivity index (χ1) is 12.2. The molecule has 3 heterocycles. The van der Waals surface area contributed by atoms with Gasteiger partial charge < -0.3 is 8.94 Å². The Hall–Kier alpha value is -2.25. The Morgan fingerprint density at radius 1 is 1.24 bits per heavy atom. The molecule has 0 bridgehead atoms. The van der Waals surface area contributed by atoms with Crippen LogP contribution >= 0.6 is 0 Å². The van der Waals surface area contributed by atoms with E-state index < -0.39 is 0 Å². The van der Waals surface area contributed by atoms with Crippen molar-refractivity contribution >= 4 is 11.1 Å². The molecule has 0 saturated carbocycles. The van der Waals surface area contributed by atoms with Gasteiger partial charge >= 0.3 is 0 Å². The Morgan fingerprint density at radius 3 is 2.92 bits per heavy atom. The Balaban J connectivity index is 1.34. The molecule has 1 atom stereocenters. The van der Waals surface area contributed by atoms with Crippen LogP contribution in [0.5, 0.6) is 0 Å². The van der Waals surface area contributed by atoms with E-state index in [1.807, 2.05) is 31.2 Å². The first-order valence-electron chi connectivity index (χ1n) is 8.79. The van der Waals surface area contributed by atoms with Crippen LogP contribution in [0.2, 0.25) is 0 Å². The number of likely N-dealkylation sites (tertiary alicyclic amines) is 1. The predicted octanol–water partition coefficient (Wildman–Crippen LogP) is 2.48. The van der Waals surface area contributed by atoms with Crippen LogP contribution in [0.15, 0.2) is 33.2 Å². The van der Waals surface area contributed by atoms with E-state index in [1.165, 1.54) is 0 Å². The van der Waals surface area contributed by atoms with E-state index in [-0.39, 0.29) is 0 Å². The molecule has 0 radical (unpaired) electrons. The molecule has 25 heavy (non-hydrogen) atoms. The van der Waals surface area contributed by atoms with Crippen molar-refractivity contribution in [3.8, 4) is 0 Å². The zero-order chi connectivity index (χ0) is 17.2. The number of oxazole rings is 1. The summed E-state index contributed by atoms with van der Waals surface area (Å²) in [6.45, 7) is 5.52. The fourth-order valence-electron chi connectivity index (χ4n) is 3.34. The molecule has 3 aromatic rings. The molecule has 7 nitrogen and oxygen atoms in total. The van der Waals surface area contributed by atoms with E-state index in [9.17, 15) is 0 Å². The van der Waals surface area contributed by atoms with Crippen molar-refractivity contribution in [2.45, 2.75) is 38.9 Å². The molecule has 0 spiro atoms. The van der Waals surface area contributed by atoms with Crippen molar-refractivity contribution in [3.63, 3.8) is 0 Å². The van der Waals surface area contributed by atoms with Crippen molar-refractivity contribution in [2.24, 2.45) is 0 Å². The average Bonchev–Trinajstić information content (AvgIpc) is 3.33. The van der Waals surface area contributed by atoms with Crippen LogP contribution in [-0.4, -0.2) is 51.1 Å². The molecule has 1 aromatic carbocycles. The smallest absolute Gasteiger partial charge is 0.226 e. The number of aryl methyl sites for hydroxylation is 1. The fourth-order valence-corrected chi connectivity index (χ4v) is 3.34. The summed E-state index contributed by atoms with van der Waals surface area (Å²) < 4.78 is 11.0. The minimum atomic E-state index is 0.480. The highest BCUT2D eigenvalue weighted by molar-refractivity contribution is 5.72. The third-order valence-corrected chi connectivity index (χ3v) is 4.77. The molecule has 0 aliphatic carbocycles. The summed E-state index contributed by atoms with van der Waals surface area (Å²) >= 11 is 0. The number of fused-ring (bicyclic) bond motifs is 1. The van der Waals surface area contributed by atoms with E-state index in [1.54, 1.807) is 0 Å². The molecule has 1 saturated heterocycles. The van der Waals surface area contributed by atoms with Crippen molar-refractivity contribution < 1.29 is 8.94 Å². The molecule has 4 rings (SSSR count). The van der Waals surface area contributed by atoms with Gasteiger partial charge in [-0.25, -0.2) is 4.98 Å². The van der Waals surface area contributed by atoms with Gasteiger partial charge in [-0.3, -0.25) is 9.80 Å². The zero-order valence-electron chi connectivity index (χ0n) is 14.7. The monoisotopic (exact) mass is 341 g/mol. The van der Waals surface area contributed by atoms with Gasteiger partial charge in [0.15, 0.2) is 11.4 Å². The molecule has 0 N–H and O–H groups in total. The summed E-state index contributed by atoms with van der Waals surface area (Å²) in [5.74, 6) is 2.25. The minimum absolute atomic E-state index is 0.480. The third kappa shape index (κ3) is 3.57. The van der Waals surface area contributed by atoms with Crippen LogP contribution in [0.3, 0.4) is 0 Å². The highest BCUT2D eigenvalue weighted by atomic mass is 16.5. The van der Waals surface area contributed by atoms with Crippen LogP contribution in [-0.2, 0) is 19.5 Å². The molecule has 1 aliphatic heterocycles. The minimum Gasteiger partial charge on any atom is -0.439 e. The van der Waals surface area contributed by atoms with E-state index in [2.05, 4.69) is 32.0 Å². The largest absolute Gasteiger partial charge is 0.439 e. The van der Waals surface area contributed by atoms with Gasteiger partial charge in [0.1, 0.15) is 5.52 Å². The first-order valence-corrected chi connectivity index (χ1v) is 8.79. The fraction of sp³-hybridized carbons (Fsp3) is 0.500. The highest BCUT2D eigenvalue weighted by Gasteiger charge is 2.27. The average molecular weight is 341 g/mol. The van der Waals surface area contributed by atoms with E-state index in [0.717, 1.165) is 55.3 Å². The summed E-state index contributed by atoms with van der Waals surface area (Å²) in [5, 5.41) is 4.04. The quantitative estimate of drug-likeness (QED) is 0.682. The molecule has 2 aromatic heterocycles. The Kier molecular flexibility index (Phi) is 4.50. The summed E-state index contributed by atoms with van der Waals surface area (Å²) in [6, 6.07) is 8.38. The number of aromatic nitrogens is 3. The lowest BCUT2D eigenvalue weighted by Crippen LogP contribution is -2.34. The summed E-state index contributed by atoms with van der Waals surface area (Å²) in [7, 11) is 2.12. The summed E-state index contributed by atoms with van der Waals surface area (Å²) in [6.07, 6.45) is 1.90. The number of likely N-dealkylation sites (N-methyl/N-ethyl adjacent to an activating group) is 1. The van der Waals surface area contributed by atoms with Crippen molar-refractivity contribution in [3.05, 3.63) is 41.9 Å². The topological polar surface area (TPSA) is 71.4 Å². The molecular formula is C18H23N5O2. The lowest BCUT2D eigenvalue weighted by Gasteiger charge is -2.22. The van der Waals surface area contributed by atoms with E-state index >= 15 is 0 Å². The number of rotatable bonds is 6. The molecule has 7 heteroatoms. The maximum absolute atomic E-state index is 5.84.